The molecule has 0 unspecified atom stereocenters. The van der Waals surface area contributed by atoms with Crippen LogP contribution in [-0.4, -0.2) is 6.71 Å². The summed E-state index contributed by atoms with van der Waals surface area (Å²) in [7, 11) is 0. The van der Waals surface area contributed by atoms with E-state index < -0.39 is 0 Å². The number of nitrogens with zero attached hydrogens (tertiary/aromatic N) is 2. The van der Waals surface area contributed by atoms with E-state index in [4.69, 9.17) is 4.42 Å². The van der Waals surface area contributed by atoms with Gasteiger partial charge in [0.2, 0.25) is 0 Å². The minimum atomic E-state index is -0.146. The van der Waals surface area contributed by atoms with Crippen molar-refractivity contribution in [3.8, 4) is 0 Å². The molecule has 7 aromatic rings. The number of aryl methyl sites for hydroxylation is 2. The average Bonchev–Trinajstić information content (AvgIpc) is 3.68. The van der Waals surface area contributed by atoms with E-state index in [1.165, 1.54) is 130 Å². The largest absolute Gasteiger partial charge is 0.454 e. The van der Waals surface area contributed by atoms with Crippen molar-refractivity contribution in [2.75, 3.05) is 9.80 Å². The lowest BCUT2D eigenvalue weighted by Gasteiger charge is -2.48. The Morgan fingerprint density at radius 2 is 0.865 bits per heavy atom. The third-order valence-electron chi connectivity index (χ3n) is 20.2. The molecular formula is C70H85BN2O. The van der Waals surface area contributed by atoms with Crippen molar-refractivity contribution in [2.45, 2.75) is 220 Å². The number of benzene rings is 6. The molecule has 1 aromatic heterocycles. The molecule has 0 spiro atoms. The molecular weight excluding hydrogens is 896 g/mol. The van der Waals surface area contributed by atoms with E-state index in [-0.39, 0.29) is 50.0 Å². The van der Waals surface area contributed by atoms with Gasteiger partial charge in [-0.25, -0.2) is 0 Å². The van der Waals surface area contributed by atoms with Crippen LogP contribution in [0.1, 0.15) is 219 Å². The zero-order valence-electron chi connectivity index (χ0n) is 49.1. The van der Waals surface area contributed by atoms with E-state index in [0.717, 1.165) is 36.8 Å². The van der Waals surface area contributed by atoms with Crippen LogP contribution in [0.3, 0.4) is 0 Å². The van der Waals surface area contributed by atoms with E-state index in [2.05, 4.69) is 227 Å². The second kappa shape index (κ2) is 15.3. The molecule has 3 nitrogen and oxygen atoms in total. The highest BCUT2D eigenvalue weighted by Gasteiger charge is 2.49. The summed E-state index contributed by atoms with van der Waals surface area (Å²) in [5.41, 5.74) is 28.1. The lowest BCUT2D eigenvalue weighted by molar-refractivity contribution is 0.332. The lowest BCUT2D eigenvalue weighted by atomic mass is 9.33. The van der Waals surface area contributed by atoms with Crippen LogP contribution in [0.25, 0.3) is 21.9 Å². The second-order valence-corrected chi connectivity index (χ2v) is 30.4. The van der Waals surface area contributed by atoms with Gasteiger partial charge in [0.05, 0.1) is 5.69 Å². The Bertz CT molecular complexity index is 3570. The molecule has 0 saturated heterocycles. The highest BCUT2D eigenvalue weighted by molar-refractivity contribution is 7.00. The molecule has 0 bridgehead atoms. The van der Waals surface area contributed by atoms with E-state index in [1.54, 1.807) is 0 Å². The van der Waals surface area contributed by atoms with Gasteiger partial charge in [-0.2, -0.15) is 0 Å². The molecule has 4 heteroatoms. The molecule has 12 rings (SSSR count). The first-order valence-electron chi connectivity index (χ1n) is 28.5. The van der Waals surface area contributed by atoms with Gasteiger partial charge in [-0.1, -0.05) is 161 Å². The number of fused-ring (bicyclic) bond motifs is 11. The standard InChI is InChI=1S/C70H85BN2O/c1-40-31-42(63(3,4)5)21-24-54(40)72-56-38-50-48(67(13,14)27-29-69(50,17)18)36-53(56)71-52-23-22-44-45-35-47-51(70(19,20)30-26-66(47,11)12)39-59(45)74-62(44)61(52)73(58-34-43(64(6,7)8)33-57(72)60(58)71)55-37-49-46(32-41(55)2)65(9,10)25-28-68(49,15)16/h21-24,31-39H,25-30H2,1-20H3. The van der Waals surface area contributed by atoms with Crippen LogP contribution in [-0.2, 0) is 43.3 Å². The third kappa shape index (κ3) is 7.10. The van der Waals surface area contributed by atoms with Gasteiger partial charge < -0.3 is 14.2 Å². The number of furan rings is 1. The van der Waals surface area contributed by atoms with Gasteiger partial charge in [-0.05, 0) is 210 Å². The van der Waals surface area contributed by atoms with Gasteiger partial charge in [-0.3, -0.25) is 0 Å². The molecule has 5 aliphatic rings. The van der Waals surface area contributed by atoms with Crippen LogP contribution in [0.2, 0.25) is 0 Å². The number of hydrogen-bond donors (Lipinski definition) is 0. The molecule has 3 heterocycles. The Balaban J connectivity index is 1.26. The molecule has 0 atom stereocenters. The average molecular weight is 981 g/mol. The Morgan fingerprint density at radius 1 is 0.405 bits per heavy atom. The predicted molar refractivity (Wildman–Crippen MR) is 320 cm³/mol. The Kier molecular flexibility index (Phi) is 10.2. The maximum atomic E-state index is 7.64. The van der Waals surface area contributed by atoms with Crippen LogP contribution < -0.4 is 26.2 Å². The first-order valence-corrected chi connectivity index (χ1v) is 28.5. The first-order chi connectivity index (χ1) is 34.2. The van der Waals surface area contributed by atoms with Gasteiger partial charge in [0.1, 0.15) is 5.58 Å². The maximum Gasteiger partial charge on any atom is 0.252 e. The van der Waals surface area contributed by atoms with E-state index in [9.17, 15) is 0 Å². The van der Waals surface area contributed by atoms with Crippen LogP contribution in [0.4, 0.5) is 34.1 Å². The summed E-state index contributed by atoms with van der Waals surface area (Å²) in [5, 5.41) is 2.44. The maximum absolute atomic E-state index is 7.64. The fraction of sp³-hybridized carbons (Fsp3) is 0.486. The highest BCUT2D eigenvalue weighted by atomic mass is 16.3. The number of rotatable bonds is 2. The molecule has 3 aliphatic carbocycles. The van der Waals surface area contributed by atoms with Crippen molar-refractivity contribution < 1.29 is 4.42 Å². The molecule has 0 N–H and O–H groups in total. The lowest BCUT2D eigenvalue weighted by Crippen LogP contribution is -2.62. The minimum Gasteiger partial charge on any atom is -0.454 e. The summed E-state index contributed by atoms with van der Waals surface area (Å²) in [6.07, 6.45) is 7.01. The van der Waals surface area contributed by atoms with E-state index in [0.29, 0.717) is 0 Å². The fourth-order valence-corrected chi connectivity index (χ4v) is 14.7. The molecule has 0 fully saturated rings. The zero-order chi connectivity index (χ0) is 53.2. The van der Waals surface area contributed by atoms with Gasteiger partial charge in [0.15, 0.2) is 5.58 Å². The summed E-state index contributed by atoms with van der Waals surface area (Å²) < 4.78 is 7.64. The van der Waals surface area contributed by atoms with E-state index in [1.807, 2.05) is 0 Å². The Labute approximate surface area is 446 Å². The van der Waals surface area contributed by atoms with Gasteiger partial charge in [0, 0.05) is 39.2 Å². The molecule has 384 valence electrons. The topological polar surface area (TPSA) is 19.6 Å². The van der Waals surface area contributed by atoms with Gasteiger partial charge in [0.25, 0.3) is 6.71 Å². The summed E-state index contributed by atoms with van der Waals surface area (Å²) in [6.45, 7) is 48.6. The molecule has 0 radical (unpaired) electrons. The molecule has 6 aromatic carbocycles. The highest BCUT2D eigenvalue weighted by Crippen LogP contribution is 2.56. The van der Waals surface area contributed by atoms with Crippen LogP contribution in [0, 0.1) is 13.8 Å². The third-order valence-corrected chi connectivity index (χ3v) is 20.2. The van der Waals surface area contributed by atoms with Crippen molar-refractivity contribution >= 4 is 79.2 Å². The summed E-state index contributed by atoms with van der Waals surface area (Å²) in [4.78, 5) is 5.43. The van der Waals surface area contributed by atoms with Crippen LogP contribution in [0.15, 0.2) is 83.3 Å². The van der Waals surface area contributed by atoms with Crippen molar-refractivity contribution in [3.63, 3.8) is 0 Å². The quantitative estimate of drug-likeness (QED) is 0.161. The van der Waals surface area contributed by atoms with Crippen LogP contribution in [0.5, 0.6) is 0 Å². The van der Waals surface area contributed by atoms with Crippen molar-refractivity contribution in [2.24, 2.45) is 0 Å². The molecule has 74 heavy (non-hydrogen) atoms. The summed E-state index contributed by atoms with van der Waals surface area (Å²) >= 11 is 0. The van der Waals surface area contributed by atoms with Crippen molar-refractivity contribution in [1.82, 2.24) is 0 Å². The second-order valence-electron chi connectivity index (χ2n) is 30.4. The SMILES string of the molecule is Cc1cc(C(C)(C)C)ccc1N1c2cc3c(cc2B2c4ccc5c(oc6cc7c(cc65)C(C)(C)CCC7(C)C)c4N(c4cc5c(cc4C)C(C)(C)CCC5(C)C)c4cc(C(C)(C)C)cc1c42)C(C)(C)CCC3(C)C. The normalized spacial score (nSPS) is 20.4. The van der Waals surface area contributed by atoms with Crippen molar-refractivity contribution in [3.05, 3.63) is 134 Å². The van der Waals surface area contributed by atoms with E-state index >= 15 is 0 Å². The number of hydrogen-bond acceptors (Lipinski definition) is 3. The molecule has 0 amide bonds. The van der Waals surface area contributed by atoms with Crippen LogP contribution >= 0.6 is 0 Å². The molecule has 0 saturated carbocycles. The summed E-state index contributed by atoms with van der Waals surface area (Å²) in [5.74, 6) is 0. The Morgan fingerprint density at radius 3 is 1.39 bits per heavy atom. The van der Waals surface area contributed by atoms with Crippen molar-refractivity contribution in [1.29, 1.82) is 0 Å². The summed E-state index contributed by atoms with van der Waals surface area (Å²) in [6, 6.07) is 33.0. The predicted octanol–water partition coefficient (Wildman–Crippen LogP) is 17.9. The van der Waals surface area contributed by atoms with Gasteiger partial charge >= 0.3 is 0 Å². The number of anilines is 6. The van der Waals surface area contributed by atoms with Gasteiger partial charge in [-0.15, -0.1) is 0 Å². The monoisotopic (exact) mass is 981 g/mol. The fourth-order valence-electron chi connectivity index (χ4n) is 14.7. The Hall–Kier alpha value is -5.22. The first kappa shape index (κ1) is 49.6. The minimum absolute atomic E-state index is 0.0251. The smallest absolute Gasteiger partial charge is 0.252 e. The zero-order valence-corrected chi connectivity index (χ0v) is 49.1. The molecule has 2 aliphatic heterocycles.